The fourth-order valence-electron chi connectivity index (χ4n) is 10.0. The van der Waals surface area contributed by atoms with Gasteiger partial charge in [0.15, 0.2) is 0 Å². The van der Waals surface area contributed by atoms with Crippen LogP contribution >= 0.6 is 0 Å². The average Bonchev–Trinajstić information content (AvgIpc) is 3.86. The molecule has 0 aliphatic heterocycles. The molecule has 0 radical (unpaired) electrons. The molecule has 2 nitrogen and oxygen atoms in total. The highest BCUT2D eigenvalue weighted by atomic mass is 15.1. The molecule has 1 unspecified atom stereocenters. The van der Waals surface area contributed by atoms with Gasteiger partial charge in [0.2, 0.25) is 0 Å². The number of nitrogens with zero attached hydrogens (tertiary/aromatic N) is 2. The summed E-state index contributed by atoms with van der Waals surface area (Å²) in [6.07, 6.45) is 0. The maximum atomic E-state index is 2.49. The molecule has 2 aliphatic carbocycles. The number of benzene rings is 9. The van der Waals surface area contributed by atoms with Crippen LogP contribution in [-0.2, 0) is 5.41 Å². The zero-order valence-corrected chi connectivity index (χ0v) is 30.0. The normalized spacial score (nSPS) is 15.0. The van der Waals surface area contributed by atoms with Crippen molar-refractivity contribution in [2.75, 3.05) is 4.90 Å². The average molecular weight is 699 g/mol. The molecule has 12 rings (SSSR count). The van der Waals surface area contributed by atoms with Crippen molar-refractivity contribution >= 4 is 49.6 Å². The van der Waals surface area contributed by atoms with Gasteiger partial charge in [-0.15, -0.1) is 0 Å². The summed E-state index contributed by atoms with van der Waals surface area (Å²) >= 11 is 0. The number of anilines is 3. The van der Waals surface area contributed by atoms with E-state index in [-0.39, 0.29) is 0 Å². The highest BCUT2D eigenvalue weighted by molar-refractivity contribution is 6.09. The van der Waals surface area contributed by atoms with Crippen LogP contribution in [0.2, 0.25) is 0 Å². The monoisotopic (exact) mass is 698 g/mol. The van der Waals surface area contributed by atoms with Crippen molar-refractivity contribution < 1.29 is 0 Å². The Morgan fingerprint density at radius 1 is 0.345 bits per heavy atom. The molecule has 0 saturated heterocycles. The summed E-state index contributed by atoms with van der Waals surface area (Å²) in [6.45, 7) is 0. The largest absolute Gasteiger partial charge is 0.310 e. The lowest BCUT2D eigenvalue weighted by molar-refractivity contribution is 0.792. The minimum atomic E-state index is -0.470. The number of hydrogen-bond acceptors (Lipinski definition) is 1. The summed E-state index contributed by atoms with van der Waals surface area (Å²) in [5.41, 5.74) is 17.1. The standard InChI is InChI=1S/C53H34N2/c1-2-17-36(18-3-1)54(50-28-14-16-35-15-4-5-19-39(35)50)37-30-32-48-45(33-37)41-21-7-11-25-47(41)53(48)46-24-10-6-20-40(46)42-31-29-38(34-49(42)53)55-51-26-12-8-22-43(51)44-23-9-13-27-52(44)55/h1-34H. The first-order chi connectivity index (χ1) is 27.3. The molecule has 1 aromatic heterocycles. The second-order valence-electron chi connectivity index (χ2n) is 14.8. The number of aromatic nitrogens is 1. The first-order valence-electron chi connectivity index (χ1n) is 19.1. The summed E-state index contributed by atoms with van der Waals surface area (Å²) in [7, 11) is 0. The van der Waals surface area contributed by atoms with E-state index in [1.807, 2.05) is 0 Å². The van der Waals surface area contributed by atoms with E-state index in [9.17, 15) is 0 Å². The van der Waals surface area contributed by atoms with Crippen LogP contribution in [0.5, 0.6) is 0 Å². The Morgan fingerprint density at radius 3 is 1.65 bits per heavy atom. The lowest BCUT2D eigenvalue weighted by Gasteiger charge is -2.31. The van der Waals surface area contributed by atoms with Gasteiger partial charge < -0.3 is 9.47 Å². The smallest absolute Gasteiger partial charge is 0.0726 e. The third-order valence-corrected chi connectivity index (χ3v) is 12.2. The number of para-hydroxylation sites is 3. The van der Waals surface area contributed by atoms with Crippen molar-refractivity contribution in [3.63, 3.8) is 0 Å². The first-order valence-corrected chi connectivity index (χ1v) is 19.1. The zero-order chi connectivity index (χ0) is 36.1. The highest BCUT2D eigenvalue weighted by Crippen LogP contribution is 2.63. The molecule has 1 atom stereocenters. The Labute approximate surface area is 319 Å². The Morgan fingerprint density at radius 2 is 0.909 bits per heavy atom. The van der Waals surface area contributed by atoms with Gasteiger partial charge in [-0.25, -0.2) is 0 Å². The molecule has 1 heterocycles. The van der Waals surface area contributed by atoms with Gasteiger partial charge >= 0.3 is 0 Å². The summed E-state index contributed by atoms with van der Waals surface area (Å²) in [5, 5.41) is 5.00. The number of hydrogen-bond donors (Lipinski definition) is 0. The van der Waals surface area contributed by atoms with E-state index in [2.05, 4.69) is 216 Å². The Kier molecular flexibility index (Phi) is 6.29. The molecule has 9 aromatic carbocycles. The molecule has 0 amide bonds. The fourth-order valence-corrected chi connectivity index (χ4v) is 10.0. The van der Waals surface area contributed by atoms with Crippen LogP contribution < -0.4 is 4.90 Å². The van der Waals surface area contributed by atoms with Crippen LogP contribution in [0.25, 0.3) is 60.5 Å². The molecule has 2 aliphatic rings. The number of fused-ring (bicyclic) bond motifs is 14. The summed E-state index contributed by atoms with van der Waals surface area (Å²) < 4.78 is 2.45. The van der Waals surface area contributed by atoms with E-state index in [1.165, 1.54) is 82.8 Å². The van der Waals surface area contributed by atoms with Crippen LogP contribution in [0.3, 0.4) is 0 Å². The van der Waals surface area contributed by atoms with Crippen LogP contribution in [0.1, 0.15) is 22.3 Å². The van der Waals surface area contributed by atoms with Gasteiger partial charge in [0, 0.05) is 33.2 Å². The molecule has 0 saturated carbocycles. The maximum absolute atomic E-state index is 2.49. The van der Waals surface area contributed by atoms with Gasteiger partial charge in [-0.3, -0.25) is 0 Å². The Balaban J connectivity index is 1.13. The fraction of sp³-hybridized carbons (Fsp3) is 0.0189. The molecule has 55 heavy (non-hydrogen) atoms. The van der Waals surface area contributed by atoms with Crippen molar-refractivity contribution in [3.05, 3.63) is 229 Å². The predicted molar refractivity (Wildman–Crippen MR) is 229 cm³/mol. The van der Waals surface area contributed by atoms with Gasteiger partial charge in [-0.2, -0.15) is 0 Å². The molecular formula is C53H34N2. The van der Waals surface area contributed by atoms with Crippen molar-refractivity contribution in [1.29, 1.82) is 0 Å². The van der Waals surface area contributed by atoms with E-state index >= 15 is 0 Å². The van der Waals surface area contributed by atoms with Crippen LogP contribution in [0.15, 0.2) is 206 Å². The minimum absolute atomic E-state index is 0.470. The Hall–Kier alpha value is -7.16. The molecule has 0 bridgehead atoms. The molecule has 1 spiro atoms. The third kappa shape index (κ3) is 4.08. The first kappa shape index (κ1) is 30.3. The van der Waals surface area contributed by atoms with E-state index in [4.69, 9.17) is 0 Å². The second kappa shape index (κ2) is 11.4. The van der Waals surface area contributed by atoms with Gasteiger partial charge in [-0.1, -0.05) is 152 Å². The summed E-state index contributed by atoms with van der Waals surface area (Å²) in [5.74, 6) is 0. The lowest BCUT2D eigenvalue weighted by atomic mass is 9.70. The van der Waals surface area contributed by atoms with Crippen molar-refractivity contribution in [2.45, 2.75) is 5.41 Å². The Bertz CT molecular complexity index is 3110. The van der Waals surface area contributed by atoms with E-state index in [1.54, 1.807) is 0 Å². The number of rotatable bonds is 4. The van der Waals surface area contributed by atoms with Gasteiger partial charge in [0.25, 0.3) is 0 Å². The van der Waals surface area contributed by atoms with Crippen molar-refractivity contribution in [3.8, 4) is 27.9 Å². The third-order valence-electron chi connectivity index (χ3n) is 12.2. The van der Waals surface area contributed by atoms with Crippen molar-refractivity contribution in [2.24, 2.45) is 0 Å². The molecule has 2 heteroatoms. The van der Waals surface area contributed by atoms with Crippen LogP contribution in [0.4, 0.5) is 17.1 Å². The predicted octanol–water partition coefficient (Wildman–Crippen LogP) is 13.8. The SMILES string of the molecule is c1ccc(N(c2ccc3c(c2)-c2ccccc2C32c3ccccc3-c3ccc(-n4c5ccccc5c5ccccc54)cc32)c2cccc3ccccc23)cc1. The lowest BCUT2D eigenvalue weighted by Crippen LogP contribution is -2.26. The molecule has 256 valence electrons. The van der Waals surface area contributed by atoms with Gasteiger partial charge in [-0.05, 0) is 104 Å². The molecule has 10 aromatic rings. The van der Waals surface area contributed by atoms with E-state index in [0.29, 0.717) is 0 Å². The molecule has 0 fully saturated rings. The van der Waals surface area contributed by atoms with E-state index < -0.39 is 5.41 Å². The van der Waals surface area contributed by atoms with E-state index in [0.717, 1.165) is 17.1 Å². The van der Waals surface area contributed by atoms with Gasteiger partial charge in [0.1, 0.15) is 0 Å². The summed E-state index contributed by atoms with van der Waals surface area (Å²) in [4.78, 5) is 2.42. The highest BCUT2D eigenvalue weighted by Gasteiger charge is 2.51. The molecular weight excluding hydrogens is 665 g/mol. The molecule has 0 N–H and O–H groups in total. The van der Waals surface area contributed by atoms with Crippen LogP contribution in [-0.4, -0.2) is 4.57 Å². The second-order valence-corrected chi connectivity index (χ2v) is 14.8. The van der Waals surface area contributed by atoms with Gasteiger partial charge in [0.05, 0.1) is 22.1 Å². The van der Waals surface area contributed by atoms with Crippen molar-refractivity contribution in [1.82, 2.24) is 4.57 Å². The topological polar surface area (TPSA) is 8.17 Å². The quantitative estimate of drug-likeness (QED) is 0.178. The minimum Gasteiger partial charge on any atom is -0.310 e. The summed E-state index contributed by atoms with van der Waals surface area (Å²) in [6, 6.07) is 76.3. The maximum Gasteiger partial charge on any atom is 0.0726 e. The zero-order valence-electron chi connectivity index (χ0n) is 30.0. The van der Waals surface area contributed by atoms with Crippen LogP contribution in [0, 0.1) is 0 Å².